The fraction of sp³-hybridized carbons (Fsp3) is 0.357. The van der Waals surface area contributed by atoms with Crippen LogP contribution < -0.4 is 5.73 Å². The van der Waals surface area contributed by atoms with Crippen LogP contribution in [0.1, 0.15) is 39.8 Å². The summed E-state index contributed by atoms with van der Waals surface area (Å²) in [7, 11) is 0. The maximum Gasteiger partial charge on any atom is 0.141 e. The van der Waals surface area contributed by atoms with Crippen molar-refractivity contribution in [1.82, 2.24) is 4.98 Å². The van der Waals surface area contributed by atoms with Gasteiger partial charge in [-0.3, -0.25) is 4.98 Å². The molecule has 94 valence electrons. The first-order valence-corrected chi connectivity index (χ1v) is 7.03. The zero-order valence-electron chi connectivity index (χ0n) is 10.0. The zero-order valence-corrected chi connectivity index (χ0v) is 10.8. The minimum Gasteiger partial charge on any atom is -0.320 e. The Kier molecular flexibility index (Phi) is 3.14. The first kappa shape index (κ1) is 11.8. The molecule has 0 saturated heterocycles. The Hall–Kier alpha value is -1.26. The summed E-state index contributed by atoms with van der Waals surface area (Å²) in [6.07, 6.45) is 7.69. The summed E-state index contributed by atoms with van der Waals surface area (Å²) < 4.78 is 13.2. The zero-order chi connectivity index (χ0) is 12.5. The number of hydrogen-bond acceptors (Lipinski definition) is 3. The van der Waals surface area contributed by atoms with E-state index in [2.05, 4.69) is 11.1 Å². The molecule has 18 heavy (non-hydrogen) atoms. The van der Waals surface area contributed by atoms with Crippen LogP contribution in [0, 0.1) is 5.82 Å². The minimum absolute atomic E-state index is 0.260. The van der Waals surface area contributed by atoms with Crippen LogP contribution >= 0.6 is 11.3 Å². The summed E-state index contributed by atoms with van der Waals surface area (Å²) in [4.78, 5) is 6.44. The van der Waals surface area contributed by atoms with E-state index in [1.165, 1.54) is 35.5 Å². The standard InChI is InChI=1S/C14H15FN2S/c15-11-5-10(7-17-8-11)14(16)13-6-9-3-1-2-4-12(9)18-13/h5-8,14H,1-4,16H2. The van der Waals surface area contributed by atoms with E-state index in [-0.39, 0.29) is 11.9 Å². The number of hydrogen-bond donors (Lipinski definition) is 1. The summed E-state index contributed by atoms with van der Waals surface area (Å²) in [5.74, 6) is -0.329. The van der Waals surface area contributed by atoms with Crippen LogP contribution in [-0.4, -0.2) is 4.98 Å². The van der Waals surface area contributed by atoms with Gasteiger partial charge >= 0.3 is 0 Å². The molecule has 1 unspecified atom stereocenters. The lowest BCUT2D eigenvalue weighted by atomic mass is 9.98. The highest BCUT2D eigenvalue weighted by Crippen LogP contribution is 2.34. The minimum atomic E-state index is -0.329. The number of aromatic nitrogens is 1. The molecule has 0 fully saturated rings. The highest BCUT2D eigenvalue weighted by Gasteiger charge is 2.18. The Balaban J connectivity index is 1.92. The maximum absolute atomic E-state index is 13.2. The van der Waals surface area contributed by atoms with Gasteiger partial charge in [0, 0.05) is 16.0 Å². The highest BCUT2D eigenvalue weighted by molar-refractivity contribution is 7.12. The lowest BCUT2D eigenvalue weighted by Gasteiger charge is -2.09. The van der Waals surface area contributed by atoms with Gasteiger partial charge in [-0.05, 0) is 48.9 Å². The van der Waals surface area contributed by atoms with Gasteiger partial charge in [0.2, 0.25) is 0 Å². The Morgan fingerprint density at radius 1 is 1.22 bits per heavy atom. The number of nitrogens with zero attached hydrogens (tertiary/aromatic N) is 1. The summed E-state index contributed by atoms with van der Waals surface area (Å²) in [5.41, 5.74) is 8.38. The van der Waals surface area contributed by atoms with Crippen LogP contribution in [0.4, 0.5) is 4.39 Å². The summed E-state index contributed by atoms with van der Waals surface area (Å²) in [6, 6.07) is 3.40. The molecule has 3 rings (SSSR count). The van der Waals surface area contributed by atoms with Crippen molar-refractivity contribution >= 4 is 11.3 Å². The number of halogens is 1. The van der Waals surface area contributed by atoms with Crippen molar-refractivity contribution < 1.29 is 4.39 Å². The second-order valence-corrected chi connectivity index (χ2v) is 5.89. The molecule has 0 aliphatic heterocycles. The van der Waals surface area contributed by atoms with Gasteiger partial charge < -0.3 is 5.73 Å². The molecule has 2 aromatic heterocycles. The molecule has 1 aliphatic carbocycles. The second kappa shape index (κ2) is 4.78. The molecule has 0 radical (unpaired) electrons. The fourth-order valence-corrected chi connectivity index (χ4v) is 3.72. The Morgan fingerprint density at radius 3 is 2.83 bits per heavy atom. The average molecular weight is 262 g/mol. The van der Waals surface area contributed by atoms with Crippen molar-refractivity contribution in [3.63, 3.8) is 0 Å². The third-order valence-electron chi connectivity index (χ3n) is 3.41. The number of fused-ring (bicyclic) bond motifs is 1. The monoisotopic (exact) mass is 262 g/mol. The van der Waals surface area contributed by atoms with Gasteiger partial charge in [0.1, 0.15) is 5.82 Å². The Bertz CT molecular complexity index is 541. The lowest BCUT2D eigenvalue weighted by Crippen LogP contribution is -2.10. The average Bonchev–Trinajstić information content (AvgIpc) is 2.81. The normalized spacial score (nSPS) is 16.3. The van der Waals surface area contributed by atoms with E-state index in [0.29, 0.717) is 0 Å². The van der Waals surface area contributed by atoms with Gasteiger partial charge in [0.15, 0.2) is 0 Å². The van der Waals surface area contributed by atoms with E-state index >= 15 is 0 Å². The summed E-state index contributed by atoms with van der Waals surface area (Å²) in [6.45, 7) is 0. The first-order chi connectivity index (χ1) is 8.74. The summed E-state index contributed by atoms with van der Waals surface area (Å²) >= 11 is 1.77. The van der Waals surface area contributed by atoms with Crippen LogP contribution in [0.3, 0.4) is 0 Å². The predicted octanol–water partition coefficient (Wildman–Crippen LogP) is 3.21. The SMILES string of the molecule is NC(c1cncc(F)c1)c1cc2c(s1)CCCC2. The predicted molar refractivity (Wildman–Crippen MR) is 71.2 cm³/mol. The third-order valence-corrected chi connectivity index (χ3v) is 4.73. The van der Waals surface area contributed by atoms with Crippen LogP contribution in [0.25, 0.3) is 0 Å². The quantitative estimate of drug-likeness (QED) is 0.902. The number of rotatable bonds is 2. The molecule has 0 bridgehead atoms. The van der Waals surface area contributed by atoms with E-state index in [1.807, 2.05) is 0 Å². The number of nitrogens with two attached hydrogens (primary N) is 1. The summed E-state index contributed by atoms with van der Waals surface area (Å²) in [5, 5.41) is 0. The number of aryl methyl sites for hydroxylation is 2. The van der Waals surface area contributed by atoms with Gasteiger partial charge in [-0.25, -0.2) is 4.39 Å². The third kappa shape index (κ3) is 2.18. The van der Waals surface area contributed by atoms with E-state index in [0.717, 1.165) is 23.3 Å². The van der Waals surface area contributed by atoms with Gasteiger partial charge in [0.05, 0.1) is 12.2 Å². The molecule has 0 spiro atoms. The van der Waals surface area contributed by atoms with Crippen molar-refractivity contribution in [3.05, 3.63) is 51.2 Å². The van der Waals surface area contributed by atoms with Crippen molar-refractivity contribution in [2.24, 2.45) is 5.73 Å². The maximum atomic E-state index is 13.2. The topological polar surface area (TPSA) is 38.9 Å². The Labute approximate surface area is 110 Å². The van der Waals surface area contributed by atoms with Gasteiger partial charge in [0.25, 0.3) is 0 Å². The van der Waals surface area contributed by atoms with Crippen LogP contribution in [-0.2, 0) is 12.8 Å². The van der Waals surface area contributed by atoms with E-state index in [4.69, 9.17) is 5.73 Å². The highest BCUT2D eigenvalue weighted by atomic mass is 32.1. The van der Waals surface area contributed by atoms with Gasteiger partial charge in [-0.2, -0.15) is 0 Å². The molecule has 0 amide bonds. The number of pyridine rings is 1. The molecule has 4 heteroatoms. The molecule has 1 atom stereocenters. The van der Waals surface area contributed by atoms with Crippen LogP contribution in [0.5, 0.6) is 0 Å². The van der Waals surface area contributed by atoms with E-state index < -0.39 is 0 Å². The molecule has 1 aliphatic rings. The van der Waals surface area contributed by atoms with Crippen molar-refractivity contribution in [3.8, 4) is 0 Å². The van der Waals surface area contributed by atoms with E-state index in [9.17, 15) is 4.39 Å². The molecule has 2 nitrogen and oxygen atoms in total. The number of thiophene rings is 1. The molecule has 2 aromatic rings. The molecule has 0 saturated carbocycles. The molecule has 2 heterocycles. The molecule has 0 aromatic carbocycles. The smallest absolute Gasteiger partial charge is 0.141 e. The fourth-order valence-electron chi connectivity index (χ4n) is 2.43. The lowest BCUT2D eigenvalue weighted by molar-refractivity contribution is 0.616. The van der Waals surface area contributed by atoms with Crippen molar-refractivity contribution in [2.45, 2.75) is 31.7 Å². The van der Waals surface area contributed by atoms with Gasteiger partial charge in [-0.15, -0.1) is 11.3 Å². The molecular formula is C14H15FN2S. The van der Waals surface area contributed by atoms with Gasteiger partial charge in [-0.1, -0.05) is 0 Å². The van der Waals surface area contributed by atoms with Crippen molar-refractivity contribution in [2.75, 3.05) is 0 Å². The van der Waals surface area contributed by atoms with Crippen LogP contribution in [0.2, 0.25) is 0 Å². The second-order valence-electron chi connectivity index (χ2n) is 4.72. The largest absolute Gasteiger partial charge is 0.320 e. The first-order valence-electron chi connectivity index (χ1n) is 6.21. The Morgan fingerprint density at radius 2 is 2.06 bits per heavy atom. The van der Waals surface area contributed by atoms with E-state index in [1.54, 1.807) is 17.5 Å². The molecular weight excluding hydrogens is 247 g/mol. The van der Waals surface area contributed by atoms with Crippen molar-refractivity contribution in [1.29, 1.82) is 0 Å². The van der Waals surface area contributed by atoms with Crippen LogP contribution in [0.15, 0.2) is 24.5 Å². The molecule has 2 N–H and O–H groups in total.